The van der Waals surface area contributed by atoms with Crippen molar-refractivity contribution in [2.75, 3.05) is 0 Å². The first-order chi connectivity index (χ1) is 9.13. The van der Waals surface area contributed by atoms with Crippen molar-refractivity contribution in [1.82, 2.24) is 14.5 Å². The molecule has 0 saturated carbocycles. The van der Waals surface area contributed by atoms with E-state index >= 15 is 0 Å². The summed E-state index contributed by atoms with van der Waals surface area (Å²) in [6.45, 7) is 0.131. The summed E-state index contributed by atoms with van der Waals surface area (Å²) in [6.07, 6.45) is 0.896. The summed E-state index contributed by atoms with van der Waals surface area (Å²) >= 11 is 1.43. The number of hydrogen-bond acceptors (Lipinski definition) is 4. The topological polar surface area (TPSA) is 67.8 Å². The summed E-state index contributed by atoms with van der Waals surface area (Å²) in [6, 6.07) is 7.56. The van der Waals surface area contributed by atoms with E-state index in [0.29, 0.717) is 5.01 Å². The van der Waals surface area contributed by atoms with Crippen molar-refractivity contribution in [2.45, 2.75) is 6.54 Å². The highest BCUT2D eigenvalue weighted by Crippen LogP contribution is 2.21. The van der Waals surface area contributed by atoms with Gasteiger partial charge in [0.15, 0.2) is 0 Å². The molecular formula is C12H8FN3O2S. The maximum Gasteiger partial charge on any atom is 0.328 e. The zero-order valence-electron chi connectivity index (χ0n) is 9.59. The number of benzene rings is 1. The summed E-state index contributed by atoms with van der Waals surface area (Å²) in [5, 5.41) is 0.676. The van der Waals surface area contributed by atoms with Crippen molar-refractivity contribution in [3.63, 3.8) is 0 Å². The number of H-pyrrole nitrogens is 1. The van der Waals surface area contributed by atoms with Gasteiger partial charge in [0, 0.05) is 0 Å². The first-order valence-electron chi connectivity index (χ1n) is 5.47. The minimum Gasteiger partial charge on any atom is -0.291 e. The van der Waals surface area contributed by atoms with Crippen LogP contribution in [-0.4, -0.2) is 14.5 Å². The van der Waals surface area contributed by atoms with Crippen molar-refractivity contribution in [1.29, 1.82) is 0 Å². The van der Waals surface area contributed by atoms with Gasteiger partial charge in [0.05, 0.1) is 23.0 Å². The Bertz CT molecular complexity index is 832. The van der Waals surface area contributed by atoms with E-state index in [0.717, 1.165) is 21.0 Å². The zero-order chi connectivity index (χ0) is 13.4. The number of halogens is 1. The molecule has 0 unspecified atom stereocenters. The largest absolute Gasteiger partial charge is 0.328 e. The number of nitrogens with one attached hydrogen (secondary N) is 1. The lowest BCUT2D eigenvalue weighted by Gasteiger charge is -2.01. The number of rotatable bonds is 2. The standard InChI is InChI=1S/C12H8FN3O2S/c13-7-5-16(12(18)15-11(7)17)6-10-14-8-3-1-2-4-9(8)19-10/h1-5H,6H2,(H,15,17,18). The number of fused-ring (bicyclic) bond motifs is 1. The van der Waals surface area contributed by atoms with Gasteiger partial charge in [0.25, 0.3) is 5.56 Å². The lowest BCUT2D eigenvalue weighted by molar-refractivity contribution is 0.566. The Morgan fingerprint density at radius 1 is 1.32 bits per heavy atom. The number of hydrogen-bond donors (Lipinski definition) is 1. The summed E-state index contributed by atoms with van der Waals surface area (Å²) < 4.78 is 15.2. The SMILES string of the molecule is O=c1[nH]c(=O)n(Cc2nc3ccccc3s2)cc1F. The molecule has 0 aliphatic carbocycles. The van der Waals surface area contributed by atoms with E-state index in [1.807, 2.05) is 29.2 Å². The van der Waals surface area contributed by atoms with Crippen LogP contribution in [0.3, 0.4) is 0 Å². The van der Waals surface area contributed by atoms with E-state index in [9.17, 15) is 14.0 Å². The monoisotopic (exact) mass is 277 g/mol. The lowest BCUT2D eigenvalue weighted by Crippen LogP contribution is -2.31. The summed E-state index contributed by atoms with van der Waals surface area (Å²) in [5.74, 6) is -0.985. The normalized spacial score (nSPS) is 11.0. The van der Waals surface area contributed by atoms with Gasteiger partial charge in [-0.1, -0.05) is 12.1 Å². The Kier molecular flexibility index (Phi) is 2.75. The van der Waals surface area contributed by atoms with Gasteiger partial charge in [0.2, 0.25) is 5.82 Å². The maximum absolute atomic E-state index is 13.1. The highest BCUT2D eigenvalue weighted by Gasteiger charge is 2.07. The van der Waals surface area contributed by atoms with Gasteiger partial charge in [-0.25, -0.2) is 9.78 Å². The molecule has 7 heteroatoms. The summed E-state index contributed by atoms with van der Waals surface area (Å²) in [5.41, 5.74) is -0.823. The smallest absolute Gasteiger partial charge is 0.291 e. The van der Waals surface area contributed by atoms with Crippen LogP contribution in [0.5, 0.6) is 0 Å². The quantitative estimate of drug-likeness (QED) is 0.768. The fourth-order valence-electron chi connectivity index (χ4n) is 1.73. The highest BCUT2D eigenvalue weighted by molar-refractivity contribution is 7.18. The van der Waals surface area contributed by atoms with E-state index in [4.69, 9.17) is 0 Å². The molecule has 0 amide bonds. The van der Waals surface area contributed by atoms with Gasteiger partial charge in [-0.05, 0) is 12.1 Å². The Labute approximate surface area is 110 Å². The van der Waals surface area contributed by atoms with Crippen molar-refractivity contribution in [3.05, 3.63) is 62.1 Å². The molecule has 0 aliphatic heterocycles. The molecule has 19 heavy (non-hydrogen) atoms. The van der Waals surface area contributed by atoms with Crippen LogP contribution in [0, 0.1) is 5.82 Å². The minimum absolute atomic E-state index is 0.131. The van der Waals surface area contributed by atoms with E-state index in [-0.39, 0.29) is 6.54 Å². The molecule has 0 radical (unpaired) electrons. The molecule has 0 atom stereocenters. The first-order valence-corrected chi connectivity index (χ1v) is 6.29. The van der Waals surface area contributed by atoms with Crippen LogP contribution in [0.1, 0.15) is 5.01 Å². The molecule has 2 heterocycles. The van der Waals surface area contributed by atoms with Crippen molar-refractivity contribution >= 4 is 21.6 Å². The second kappa shape index (κ2) is 4.43. The van der Waals surface area contributed by atoms with Crippen LogP contribution < -0.4 is 11.2 Å². The lowest BCUT2D eigenvalue weighted by atomic mass is 10.3. The van der Waals surface area contributed by atoms with E-state index in [1.165, 1.54) is 11.3 Å². The molecule has 0 aliphatic rings. The van der Waals surface area contributed by atoms with Crippen molar-refractivity contribution in [2.24, 2.45) is 0 Å². The Hall–Kier alpha value is -2.28. The predicted molar refractivity (Wildman–Crippen MR) is 70.0 cm³/mol. The number of aromatic amines is 1. The summed E-state index contributed by atoms with van der Waals surface area (Å²) in [4.78, 5) is 28.7. The molecule has 1 aromatic carbocycles. The Balaban J connectivity index is 2.03. The molecule has 2 aromatic heterocycles. The fourth-order valence-corrected chi connectivity index (χ4v) is 2.70. The third-order valence-electron chi connectivity index (χ3n) is 2.61. The van der Waals surface area contributed by atoms with Gasteiger partial charge >= 0.3 is 5.69 Å². The number of aromatic nitrogens is 3. The average Bonchev–Trinajstić information content (AvgIpc) is 2.78. The molecule has 0 bridgehead atoms. The molecule has 0 spiro atoms. The fraction of sp³-hybridized carbons (Fsp3) is 0.0833. The van der Waals surface area contributed by atoms with Crippen LogP contribution >= 0.6 is 11.3 Å². The number of thiazole rings is 1. The molecule has 3 aromatic rings. The molecule has 5 nitrogen and oxygen atoms in total. The third kappa shape index (κ3) is 2.19. The third-order valence-corrected chi connectivity index (χ3v) is 3.63. The van der Waals surface area contributed by atoms with Crippen molar-refractivity contribution in [3.8, 4) is 0 Å². The highest BCUT2D eigenvalue weighted by atomic mass is 32.1. The predicted octanol–water partition coefficient (Wildman–Crippen LogP) is 1.33. The molecule has 3 rings (SSSR count). The summed E-state index contributed by atoms with van der Waals surface area (Å²) in [7, 11) is 0. The second-order valence-corrected chi connectivity index (χ2v) is 5.05. The van der Waals surface area contributed by atoms with Crippen LogP contribution in [0.25, 0.3) is 10.2 Å². The van der Waals surface area contributed by atoms with E-state index in [2.05, 4.69) is 4.98 Å². The first kappa shape index (κ1) is 11.8. The maximum atomic E-state index is 13.1. The van der Waals surface area contributed by atoms with Gasteiger partial charge in [-0.2, -0.15) is 4.39 Å². The Morgan fingerprint density at radius 3 is 2.89 bits per heavy atom. The van der Waals surface area contributed by atoms with Crippen LogP contribution in [-0.2, 0) is 6.54 Å². The molecule has 0 saturated heterocycles. The van der Waals surface area contributed by atoms with Gasteiger partial charge in [0.1, 0.15) is 5.01 Å². The number of para-hydroxylation sites is 1. The number of nitrogens with zero attached hydrogens (tertiary/aromatic N) is 2. The van der Waals surface area contributed by atoms with E-state index in [1.54, 1.807) is 0 Å². The van der Waals surface area contributed by atoms with Gasteiger partial charge in [-0.15, -0.1) is 11.3 Å². The van der Waals surface area contributed by atoms with Crippen LogP contribution in [0.15, 0.2) is 40.1 Å². The van der Waals surface area contributed by atoms with Crippen LogP contribution in [0.2, 0.25) is 0 Å². The molecule has 96 valence electrons. The van der Waals surface area contributed by atoms with Gasteiger partial charge in [-0.3, -0.25) is 14.3 Å². The second-order valence-electron chi connectivity index (χ2n) is 3.94. The van der Waals surface area contributed by atoms with E-state index < -0.39 is 17.1 Å². The Morgan fingerprint density at radius 2 is 2.11 bits per heavy atom. The van der Waals surface area contributed by atoms with Crippen LogP contribution in [0.4, 0.5) is 4.39 Å². The minimum atomic E-state index is -1.01. The molecule has 0 fully saturated rings. The zero-order valence-corrected chi connectivity index (χ0v) is 10.4. The van der Waals surface area contributed by atoms with Gasteiger partial charge < -0.3 is 0 Å². The molecular weight excluding hydrogens is 269 g/mol. The average molecular weight is 277 g/mol. The van der Waals surface area contributed by atoms with Crippen molar-refractivity contribution < 1.29 is 4.39 Å². The molecule has 1 N–H and O–H groups in total.